The average molecular weight is 425 g/mol. The fraction of sp³-hybridized carbons (Fsp3) is 0.286. The molecule has 0 radical (unpaired) electrons. The summed E-state index contributed by atoms with van der Waals surface area (Å²) in [6, 6.07) is 13.5. The predicted molar refractivity (Wildman–Crippen MR) is 111 cm³/mol. The first-order valence-corrected chi connectivity index (χ1v) is 9.98. The van der Waals surface area contributed by atoms with Gasteiger partial charge in [-0.1, -0.05) is 18.2 Å². The van der Waals surface area contributed by atoms with Gasteiger partial charge in [-0.25, -0.2) is 0 Å². The molecule has 0 spiro atoms. The highest BCUT2D eigenvalue weighted by Gasteiger charge is 2.23. The molecule has 0 unspecified atom stereocenters. The minimum Gasteiger partial charge on any atom is -0.383 e. The summed E-state index contributed by atoms with van der Waals surface area (Å²) in [5.74, 6) is 0.681. The molecule has 138 valence electrons. The Morgan fingerprint density at radius 3 is 2.70 bits per heavy atom. The topological polar surface area (TPSA) is 58.1 Å². The summed E-state index contributed by atoms with van der Waals surface area (Å²) in [7, 11) is 0. The van der Waals surface area contributed by atoms with Crippen LogP contribution in [0.4, 0.5) is 5.69 Å². The van der Waals surface area contributed by atoms with Gasteiger partial charge in [-0.15, -0.1) is 0 Å². The van der Waals surface area contributed by atoms with Crippen molar-refractivity contribution in [1.29, 1.82) is 0 Å². The van der Waals surface area contributed by atoms with Crippen molar-refractivity contribution in [2.24, 2.45) is 5.92 Å². The normalized spacial score (nSPS) is 15.1. The first-order valence-electron chi connectivity index (χ1n) is 9.19. The number of carbonyl (C=O) groups is 1. The lowest BCUT2D eigenvalue weighted by Crippen LogP contribution is -2.39. The molecule has 1 fully saturated rings. The number of piperidine rings is 1. The van der Waals surface area contributed by atoms with E-state index in [1.807, 2.05) is 47.4 Å². The largest absolute Gasteiger partial charge is 0.383 e. The van der Waals surface area contributed by atoms with E-state index in [1.54, 1.807) is 12.4 Å². The van der Waals surface area contributed by atoms with Gasteiger partial charge >= 0.3 is 0 Å². The van der Waals surface area contributed by atoms with Gasteiger partial charge in [-0.3, -0.25) is 14.8 Å². The molecule has 0 atom stereocenters. The second-order valence-corrected chi connectivity index (χ2v) is 7.78. The summed E-state index contributed by atoms with van der Waals surface area (Å²) < 4.78 is 0.926. The number of halogens is 1. The Kier molecular flexibility index (Phi) is 5.34. The Bertz CT molecular complexity index is 939. The van der Waals surface area contributed by atoms with Gasteiger partial charge in [-0.05, 0) is 59.0 Å². The molecule has 2 aromatic heterocycles. The van der Waals surface area contributed by atoms with E-state index in [9.17, 15) is 4.79 Å². The second kappa shape index (κ2) is 8.05. The summed E-state index contributed by atoms with van der Waals surface area (Å²) in [4.78, 5) is 23.4. The molecule has 1 saturated heterocycles. The van der Waals surface area contributed by atoms with Crippen LogP contribution in [0.3, 0.4) is 0 Å². The number of hydrogen-bond acceptors (Lipinski definition) is 4. The molecule has 27 heavy (non-hydrogen) atoms. The Morgan fingerprint density at radius 2 is 1.93 bits per heavy atom. The van der Waals surface area contributed by atoms with Crippen LogP contribution in [-0.2, 0) is 0 Å². The van der Waals surface area contributed by atoms with Gasteiger partial charge in [-0.2, -0.15) is 0 Å². The average Bonchev–Trinajstić information content (AvgIpc) is 2.72. The molecular weight excluding hydrogens is 404 g/mol. The summed E-state index contributed by atoms with van der Waals surface area (Å²) in [6.07, 6.45) is 5.62. The lowest BCUT2D eigenvalue weighted by molar-refractivity contribution is 0.0695. The number of benzene rings is 1. The van der Waals surface area contributed by atoms with Gasteiger partial charge in [0.25, 0.3) is 5.91 Å². The summed E-state index contributed by atoms with van der Waals surface area (Å²) in [5, 5.41) is 3.53. The minimum absolute atomic E-state index is 0.136. The standard InChI is InChI=1S/C21H21BrN4O/c22-17-12-19-20(25-14-17)18(6-9-23-19)24-13-15-7-10-26(11-8-15)21(27)16-4-2-1-3-5-16/h1-6,9,12,14-15H,7-8,10-11,13H2,(H,23,24). The van der Waals surface area contributed by atoms with Crippen molar-refractivity contribution < 1.29 is 4.79 Å². The van der Waals surface area contributed by atoms with Crippen molar-refractivity contribution in [2.45, 2.75) is 12.8 Å². The summed E-state index contributed by atoms with van der Waals surface area (Å²) in [5.41, 5.74) is 3.54. The number of hydrogen-bond donors (Lipinski definition) is 1. The molecule has 1 aliphatic rings. The zero-order valence-corrected chi connectivity index (χ0v) is 16.5. The second-order valence-electron chi connectivity index (χ2n) is 6.86. The maximum atomic E-state index is 12.6. The molecule has 6 heteroatoms. The fourth-order valence-corrected chi connectivity index (χ4v) is 3.83. The van der Waals surface area contributed by atoms with Crippen LogP contribution in [-0.4, -0.2) is 40.4 Å². The van der Waals surface area contributed by atoms with Crippen molar-refractivity contribution in [3.05, 3.63) is 64.9 Å². The van der Waals surface area contributed by atoms with Crippen LogP contribution in [0.5, 0.6) is 0 Å². The molecule has 0 aliphatic carbocycles. The van der Waals surface area contributed by atoms with Crippen molar-refractivity contribution in [2.75, 3.05) is 25.0 Å². The number of aromatic nitrogens is 2. The van der Waals surface area contributed by atoms with E-state index in [0.29, 0.717) is 5.92 Å². The maximum Gasteiger partial charge on any atom is 0.253 e. The van der Waals surface area contributed by atoms with Gasteiger partial charge in [0.05, 0.1) is 11.2 Å². The monoisotopic (exact) mass is 424 g/mol. The Balaban J connectivity index is 1.34. The molecule has 1 aliphatic heterocycles. The summed E-state index contributed by atoms with van der Waals surface area (Å²) >= 11 is 3.44. The molecule has 4 rings (SSSR count). The molecule has 0 bridgehead atoms. The Hall–Kier alpha value is -2.47. The minimum atomic E-state index is 0.136. The van der Waals surface area contributed by atoms with E-state index < -0.39 is 0 Å². The van der Waals surface area contributed by atoms with E-state index in [1.165, 1.54) is 0 Å². The number of rotatable bonds is 4. The first kappa shape index (κ1) is 17.9. The highest BCUT2D eigenvalue weighted by atomic mass is 79.9. The van der Waals surface area contributed by atoms with E-state index in [2.05, 4.69) is 31.2 Å². The van der Waals surface area contributed by atoms with Gasteiger partial charge in [0.2, 0.25) is 0 Å². The van der Waals surface area contributed by atoms with Crippen LogP contribution in [0, 0.1) is 5.92 Å². The van der Waals surface area contributed by atoms with Crippen LogP contribution in [0.2, 0.25) is 0 Å². The summed E-state index contributed by atoms with van der Waals surface area (Å²) in [6.45, 7) is 2.49. The molecule has 0 saturated carbocycles. The number of nitrogens with one attached hydrogen (secondary N) is 1. The number of carbonyl (C=O) groups excluding carboxylic acids is 1. The Morgan fingerprint density at radius 1 is 1.15 bits per heavy atom. The van der Waals surface area contributed by atoms with Gasteiger partial charge in [0.15, 0.2) is 0 Å². The third kappa shape index (κ3) is 4.11. The van der Waals surface area contributed by atoms with E-state index in [-0.39, 0.29) is 5.91 Å². The smallest absolute Gasteiger partial charge is 0.253 e. The maximum absolute atomic E-state index is 12.6. The highest BCUT2D eigenvalue weighted by Crippen LogP contribution is 2.24. The van der Waals surface area contributed by atoms with Crippen LogP contribution >= 0.6 is 15.9 Å². The number of amides is 1. The van der Waals surface area contributed by atoms with Crippen LogP contribution < -0.4 is 5.32 Å². The van der Waals surface area contributed by atoms with E-state index in [4.69, 9.17) is 0 Å². The number of likely N-dealkylation sites (tertiary alicyclic amines) is 1. The number of fused-ring (bicyclic) bond motifs is 1. The lowest BCUT2D eigenvalue weighted by atomic mass is 9.96. The third-order valence-corrected chi connectivity index (χ3v) is 5.48. The molecule has 1 amide bonds. The van der Waals surface area contributed by atoms with E-state index >= 15 is 0 Å². The quantitative estimate of drug-likeness (QED) is 0.675. The molecule has 3 heterocycles. The SMILES string of the molecule is O=C(c1ccccc1)N1CCC(CNc2ccnc3cc(Br)cnc23)CC1. The fourth-order valence-electron chi connectivity index (χ4n) is 3.51. The molecular formula is C21H21BrN4O. The molecule has 1 aromatic carbocycles. The predicted octanol–water partition coefficient (Wildman–Crippen LogP) is 4.36. The van der Waals surface area contributed by atoms with Crippen molar-refractivity contribution in [3.63, 3.8) is 0 Å². The van der Waals surface area contributed by atoms with Crippen LogP contribution in [0.1, 0.15) is 23.2 Å². The zero-order chi connectivity index (χ0) is 18.6. The zero-order valence-electron chi connectivity index (χ0n) is 14.9. The third-order valence-electron chi connectivity index (χ3n) is 5.05. The molecule has 5 nitrogen and oxygen atoms in total. The van der Waals surface area contributed by atoms with Crippen LogP contribution in [0.25, 0.3) is 11.0 Å². The molecule has 3 aromatic rings. The Labute approximate surface area is 166 Å². The van der Waals surface area contributed by atoms with Gasteiger partial charge in [0, 0.05) is 42.1 Å². The van der Waals surface area contributed by atoms with Crippen molar-refractivity contribution in [3.8, 4) is 0 Å². The number of nitrogens with zero attached hydrogens (tertiary/aromatic N) is 3. The van der Waals surface area contributed by atoms with Crippen molar-refractivity contribution >= 4 is 38.6 Å². The van der Waals surface area contributed by atoms with Gasteiger partial charge in [0.1, 0.15) is 5.52 Å². The lowest BCUT2D eigenvalue weighted by Gasteiger charge is -2.32. The van der Waals surface area contributed by atoms with Crippen molar-refractivity contribution in [1.82, 2.24) is 14.9 Å². The number of pyridine rings is 2. The first-order chi connectivity index (χ1) is 13.2. The van der Waals surface area contributed by atoms with E-state index in [0.717, 1.165) is 59.2 Å². The van der Waals surface area contributed by atoms with Crippen LogP contribution in [0.15, 0.2) is 59.3 Å². The highest BCUT2D eigenvalue weighted by molar-refractivity contribution is 9.10. The van der Waals surface area contributed by atoms with Gasteiger partial charge < -0.3 is 10.2 Å². The molecule has 1 N–H and O–H groups in total. The number of anilines is 1.